The Balaban J connectivity index is 0.000000562. The van der Waals surface area contributed by atoms with E-state index in [0.29, 0.717) is 5.54 Å². The second-order valence-electron chi connectivity index (χ2n) is 6.72. The van der Waals surface area contributed by atoms with Crippen molar-refractivity contribution in [3.05, 3.63) is 7.43 Å². The zero-order valence-corrected chi connectivity index (χ0v) is 16.9. The Morgan fingerprint density at radius 1 is 1.05 bits per heavy atom. The van der Waals surface area contributed by atoms with Gasteiger partial charge in [0.1, 0.15) is 0 Å². The van der Waals surface area contributed by atoms with Gasteiger partial charge in [0.25, 0.3) is 0 Å². The van der Waals surface area contributed by atoms with E-state index in [0.717, 1.165) is 12.5 Å². The van der Waals surface area contributed by atoms with Gasteiger partial charge in [0, 0.05) is 31.7 Å². The summed E-state index contributed by atoms with van der Waals surface area (Å²) in [6.07, 6.45) is 8.22. The van der Waals surface area contributed by atoms with Crippen molar-refractivity contribution >= 4 is 26.1 Å². The van der Waals surface area contributed by atoms with E-state index >= 15 is 0 Å². The van der Waals surface area contributed by atoms with Crippen LogP contribution < -0.4 is 0 Å². The average Bonchev–Trinajstić information content (AvgIpc) is 3.02. The average molecular weight is 387 g/mol. The Kier molecular flexibility index (Phi) is 8.94. The van der Waals surface area contributed by atoms with Gasteiger partial charge in [-0.15, -0.1) is 0 Å². The van der Waals surface area contributed by atoms with Crippen LogP contribution in [0.25, 0.3) is 0 Å². The van der Waals surface area contributed by atoms with Crippen LogP contribution in [0.2, 0.25) is 0 Å². The van der Waals surface area contributed by atoms with Gasteiger partial charge in [-0.2, -0.15) is 0 Å². The van der Waals surface area contributed by atoms with Crippen molar-refractivity contribution in [2.45, 2.75) is 57.9 Å². The molecule has 1 saturated heterocycles. The predicted octanol–water partition coefficient (Wildman–Crippen LogP) is 4.55. The van der Waals surface area contributed by atoms with Crippen LogP contribution in [-0.2, 0) is 13.4 Å². The molecule has 0 unspecified atom stereocenters. The third-order valence-corrected chi connectivity index (χ3v) is 5.22. The van der Waals surface area contributed by atoms with Gasteiger partial charge >= 0.3 is 33.5 Å². The molecule has 0 radical (unpaired) electrons. The molecule has 1 aliphatic carbocycles. The third kappa shape index (κ3) is 4.70. The number of nitrogens with zero attached hydrogens (tertiary/aromatic N) is 3. The zero-order chi connectivity index (χ0) is 15.3. The van der Waals surface area contributed by atoms with Gasteiger partial charge in [-0.3, -0.25) is 4.99 Å². The molecule has 130 valence electrons. The molecule has 2 aliphatic heterocycles. The first-order valence-electron chi connectivity index (χ1n) is 8.07. The van der Waals surface area contributed by atoms with Gasteiger partial charge in [0.2, 0.25) is 0 Å². The Morgan fingerprint density at radius 2 is 1.64 bits per heavy atom. The van der Waals surface area contributed by atoms with Gasteiger partial charge in [-0.05, 0) is 45.4 Å². The van der Waals surface area contributed by atoms with Crippen molar-refractivity contribution in [2.75, 3.05) is 26.2 Å². The quantitative estimate of drug-likeness (QED) is 0.648. The standard InChI is InChI=1S/C15H27N3.CH3.2ClH.Cr/c1-15(2,13-7-3-4-8-13)18-12-6-11-17-10-5-9-16-14(17)18;;;;/h13H,3-12H2,1-2H3;1H3;2*1H;/q;-1;;;+2/p-2. The molecule has 22 heavy (non-hydrogen) atoms. The minimum absolute atomic E-state index is 0. The molecule has 6 heteroatoms. The molecular weight excluding hydrogens is 357 g/mol. The normalized spacial score (nSPS) is 22.3. The zero-order valence-electron chi connectivity index (χ0n) is 14.2. The van der Waals surface area contributed by atoms with Gasteiger partial charge in [0.05, 0.1) is 0 Å². The fraction of sp³-hybridized carbons (Fsp3) is 0.875. The van der Waals surface area contributed by atoms with Crippen LogP contribution in [0.3, 0.4) is 0 Å². The molecule has 2 heterocycles. The molecule has 0 aromatic heterocycles. The van der Waals surface area contributed by atoms with Crippen molar-refractivity contribution in [1.82, 2.24) is 9.80 Å². The minimum atomic E-state index is -0.181. The molecule has 3 rings (SSSR count). The fourth-order valence-electron chi connectivity index (χ4n) is 4.03. The summed E-state index contributed by atoms with van der Waals surface area (Å²) in [7, 11) is 9.65. The molecule has 0 amide bonds. The van der Waals surface area contributed by atoms with Gasteiger partial charge < -0.3 is 17.2 Å². The van der Waals surface area contributed by atoms with Crippen LogP contribution in [0.1, 0.15) is 52.4 Å². The molecule has 0 aromatic rings. The summed E-state index contributed by atoms with van der Waals surface area (Å²) < 4.78 is 0. The Morgan fingerprint density at radius 3 is 2.27 bits per heavy atom. The molecule has 2 fully saturated rings. The van der Waals surface area contributed by atoms with E-state index < -0.39 is 0 Å². The van der Waals surface area contributed by atoms with Crippen LogP contribution in [0.15, 0.2) is 4.99 Å². The molecule has 3 aliphatic rings. The summed E-state index contributed by atoms with van der Waals surface area (Å²) in [5, 5.41) is 0. The van der Waals surface area contributed by atoms with Crippen molar-refractivity contribution in [2.24, 2.45) is 10.9 Å². The maximum atomic E-state index is 4.84. The topological polar surface area (TPSA) is 18.8 Å². The van der Waals surface area contributed by atoms with E-state index in [2.05, 4.69) is 23.6 Å². The van der Waals surface area contributed by atoms with Gasteiger partial charge in [0.15, 0.2) is 5.96 Å². The van der Waals surface area contributed by atoms with Gasteiger partial charge in [-0.25, -0.2) is 0 Å². The molecule has 0 atom stereocenters. The van der Waals surface area contributed by atoms with Gasteiger partial charge in [-0.1, -0.05) is 12.8 Å². The number of aliphatic imine (C=N–C) groups is 1. The fourth-order valence-corrected chi connectivity index (χ4v) is 4.03. The molecular formula is C16H30Cl2CrN3-. The molecule has 0 aromatic carbocycles. The van der Waals surface area contributed by atoms with Crippen molar-refractivity contribution in [3.63, 3.8) is 0 Å². The van der Waals surface area contributed by atoms with E-state index in [1.165, 1.54) is 64.1 Å². The first-order valence-corrected chi connectivity index (χ1v) is 11.6. The number of fused-ring (bicyclic) bond motifs is 1. The van der Waals surface area contributed by atoms with E-state index in [9.17, 15) is 0 Å². The number of halogens is 2. The summed E-state index contributed by atoms with van der Waals surface area (Å²) in [6.45, 7) is 9.57. The summed E-state index contributed by atoms with van der Waals surface area (Å²) in [6, 6.07) is 0. The molecule has 0 bridgehead atoms. The van der Waals surface area contributed by atoms with Crippen LogP contribution in [-0.4, -0.2) is 47.5 Å². The van der Waals surface area contributed by atoms with Crippen molar-refractivity contribution in [1.29, 1.82) is 0 Å². The second-order valence-corrected chi connectivity index (χ2v) is 8.83. The molecule has 0 N–H and O–H groups in total. The number of guanidine groups is 1. The van der Waals surface area contributed by atoms with Crippen LogP contribution >= 0.6 is 20.1 Å². The maximum absolute atomic E-state index is 4.84. The molecule has 0 spiro atoms. The van der Waals surface area contributed by atoms with E-state index in [1.807, 2.05) is 0 Å². The summed E-state index contributed by atoms with van der Waals surface area (Å²) in [4.78, 5) is 9.99. The summed E-state index contributed by atoms with van der Waals surface area (Å²) in [5.74, 6) is 2.17. The number of hydrogen-bond acceptors (Lipinski definition) is 3. The Bertz CT molecular complexity index is 357. The van der Waals surface area contributed by atoms with Crippen LogP contribution in [0.4, 0.5) is 0 Å². The summed E-state index contributed by atoms with van der Waals surface area (Å²) >= 11 is -0.181. The van der Waals surface area contributed by atoms with Crippen LogP contribution in [0, 0.1) is 13.3 Å². The molecule has 3 nitrogen and oxygen atoms in total. The molecule has 1 saturated carbocycles. The predicted molar refractivity (Wildman–Crippen MR) is 94.0 cm³/mol. The van der Waals surface area contributed by atoms with Crippen molar-refractivity contribution in [3.8, 4) is 0 Å². The van der Waals surface area contributed by atoms with E-state index in [4.69, 9.17) is 25.1 Å². The summed E-state index contributed by atoms with van der Waals surface area (Å²) in [5.41, 5.74) is 0.297. The Labute approximate surface area is 151 Å². The third-order valence-electron chi connectivity index (χ3n) is 5.22. The first-order chi connectivity index (χ1) is 10.1. The first kappa shape index (κ1) is 20.4. The van der Waals surface area contributed by atoms with Crippen LogP contribution in [0.5, 0.6) is 0 Å². The van der Waals surface area contributed by atoms with E-state index in [1.54, 1.807) is 0 Å². The number of hydrogen-bond donors (Lipinski definition) is 0. The monoisotopic (exact) mass is 386 g/mol. The Hall–Kier alpha value is 0.382. The van der Waals surface area contributed by atoms with E-state index in [-0.39, 0.29) is 20.8 Å². The SMILES string of the molecule is CC(C)(C1CCCC1)N1CCCN2CCCN=C21.[CH3-].[Cl][Cr][Cl]. The van der Waals surface area contributed by atoms with Crippen molar-refractivity contribution < 1.29 is 13.4 Å². The number of rotatable bonds is 2. The second kappa shape index (κ2) is 9.62.